The quantitative estimate of drug-likeness (QED) is 0.700. The molecule has 1 amide bonds. The van der Waals surface area contributed by atoms with E-state index in [1.165, 1.54) is 6.42 Å². The minimum absolute atomic E-state index is 0.0885. The zero-order chi connectivity index (χ0) is 16.7. The molecular weight excluding hydrogens is 358 g/mol. The molecule has 0 heterocycles. The van der Waals surface area contributed by atoms with Crippen LogP contribution >= 0.6 is 15.9 Å². The highest BCUT2D eigenvalue weighted by atomic mass is 79.9. The number of unbranched alkanes of at least 4 members (excludes halogenated alkanes) is 1. The second-order valence-corrected chi connectivity index (χ2v) is 7.18. The Morgan fingerprint density at radius 3 is 2.57 bits per heavy atom. The molecule has 0 spiro atoms. The van der Waals surface area contributed by atoms with Gasteiger partial charge in [0.15, 0.2) is 0 Å². The normalized spacial score (nSPS) is 16.7. The molecule has 2 N–H and O–H groups in total. The average Bonchev–Trinajstić information content (AvgIpc) is 2.54. The van der Waals surface area contributed by atoms with Crippen LogP contribution < -0.4 is 5.32 Å². The van der Waals surface area contributed by atoms with Gasteiger partial charge in [0.25, 0.3) is 0 Å². The Morgan fingerprint density at radius 2 is 1.91 bits per heavy atom. The van der Waals surface area contributed by atoms with Crippen LogP contribution in [0, 0.1) is 0 Å². The fourth-order valence-electron chi connectivity index (χ4n) is 3.36. The van der Waals surface area contributed by atoms with Crippen LogP contribution in [0.15, 0.2) is 28.7 Å². The summed E-state index contributed by atoms with van der Waals surface area (Å²) in [6, 6.07) is 8.05. The number of carbonyl (C=O) groups excluding carboxylic acids is 1. The third-order valence-electron chi connectivity index (χ3n) is 4.62. The zero-order valence-electron chi connectivity index (χ0n) is 13.3. The highest BCUT2D eigenvalue weighted by molar-refractivity contribution is 9.10. The molecule has 1 aromatic carbocycles. The van der Waals surface area contributed by atoms with Crippen LogP contribution in [0.3, 0.4) is 0 Å². The average molecular weight is 382 g/mol. The maximum atomic E-state index is 12.9. The van der Waals surface area contributed by atoms with Crippen molar-refractivity contribution in [2.45, 2.75) is 56.8 Å². The van der Waals surface area contributed by atoms with Gasteiger partial charge in [0.05, 0.1) is 5.41 Å². The Kier molecular flexibility index (Phi) is 6.63. The van der Waals surface area contributed by atoms with Crippen molar-refractivity contribution in [3.05, 3.63) is 34.3 Å². The van der Waals surface area contributed by atoms with Crippen LogP contribution in [0.5, 0.6) is 0 Å². The number of nitrogens with one attached hydrogen (secondary N) is 1. The van der Waals surface area contributed by atoms with E-state index in [0.29, 0.717) is 19.4 Å². The lowest BCUT2D eigenvalue weighted by molar-refractivity contribution is -0.137. The van der Waals surface area contributed by atoms with Crippen molar-refractivity contribution < 1.29 is 14.7 Å². The summed E-state index contributed by atoms with van der Waals surface area (Å²) < 4.78 is 0.995. The van der Waals surface area contributed by atoms with E-state index in [9.17, 15) is 9.59 Å². The molecule has 0 unspecified atom stereocenters. The third-order valence-corrected chi connectivity index (χ3v) is 5.12. The Labute approximate surface area is 145 Å². The van der Waals surface area contributed by atoms with Crippen LogP contribution in [0.25, 0.3) is 0 Å². The van der Waals surface area contributed by atoms with Crippen molar-refractivity contribution in [2.75, 3.05) is 6.54 Å². The molecule has 0 bridgehead atoms. The lowest BCUT2D eigenvalue weighted by atomic mass is 9.68. The maximum absolute atomic E-state index is 12.9. The molecule has 0 aliphatic heterocycles. The Bertz CT molecular complexity index is 553. The van der Waals surface area contributed by atoms with Crippen LogP contribution in [0.1, 0.15) is 56.9 Å². The van der Waals surface area contributed by atoms with Gasteiger partial charge in [-0.1, -0.05) is 47.3 Å². The van der Waals surface area contributed by atoms with E-state index in [0.717, 1.165) is 35.7 Å². The number of carboxylic acid groups (broad SMARTS) is 1. The number of amides is 1. The number of carboxylic acids is 1. The molecular formula is C18H24BrNO3. The van der Waals surface area contributed by atoms with Gasteiger partial charge in [0, 0.05) is 17.4 Å². The Balaban J connectivity index is 2.03. The first-order valence-corrected chi connectivity index (χ1v) is 9.10. The molecule has 1 fully saturated rings. The predicted octanol–water partition coefficient (Wildman–Crippen LogP) is 4.02. The van der Waals surface area contributed by atoms with E-state index >= 15 is 0 Å². The van der Waals surface area contributed by atoms with Crippen LogP contribution in [0.4, 0.5) is 0 Å². The van der Waals surface area contributed by atoms with Crippen molar-refractivity contribution in [2.24, 2.45) is 0 Å². The Morgan fingerprint density at radius 1 is 1.17 bits per heavy atom. The first-order chi connectivity index (χ1) is 11.0. The monoisotopic (exact) mass is 381 g/mol. The first-order valence-electron chi connectivity index (χ1n) is 8.31. The summed E-state index contributed by atoms with van der Waals surface area (Å²) in [4.78, 5) is 23.4. The van der Waals surface area contributed by atoms with E-state index in [1.54, 1.807) is 0 Å². The van der Waals surface area contributed by atoms with Gasteiger partial charge >= 0.3 is 5.97 Å². The summed E-state index contributed by atoms with van der Waals surface area (Å²) in [5.41, 5.74) is 0.643. The molecule has 0 saturated heterocycles. The summed E-state index contributed by atoms with van der Waals surface area (Å²) in [6.07, 6.45) is 6.53. The van der Waals surface area contributed by atoms with Gasteiger partial charge in [-0.05, 0) is 43.4 Å². The minimum atomic E-state index is -0.783. The zero-order valence-corrected chi connectivity index (χ0v) is 14.9. The summed E-state index contributed by atoms with van der Waals surface area (Å²) in [7, 11) is 0. The van der Waals surface area contributed by atoms with E-state index in [2.05, 4.69) is 27.3 Å². The van der Waals surface area contributed by atoms with E-state index < -0.39 is 11.4 Å². The SMILES string of the molecule is O=C(O)CCCCNC(=O)C1(c2cccc(Br)c2)CCCCC1. The number of hydrogen-bond donors (Lipinski definition) is 2. The van der Waals surface area contributed by atoms with Crippen LogP contribution in [0.2, 0.25) is 0 Å². The van der Waals surface area contributed by atoms with Gasteiger partial charge < -0.3 is 10.4 Å². The minimum Gasteiger partial charge on any atom is -0.481 e. The van der Waals surface area contributed by atoms with Crippen molar-refractivity contribution in [1.82, 2.24) is 5.32 Å². The van der Waals surface area contributed by atoms with Gasteiger partial charge in [0.1, 0.15) is 0 Å². The van der Waals surface area contributed by atoms with Crippen LogP contribution in [-0.2, 0) is 15.0 Å². The number of carbonyl (C=O) groups is 2. The largest absolute Gasteiger partial charge is 0.481 e. The lowest BCUT2D eigenvalue weighted by Gasteiger charge is -2.36. The molecule has 23 heavy (non-hydrogen) atoms. The van der Waals surface area contributed by atoms with Crippen molar-refractivity contribution in [3.8, 4) is 0 Å². The number of hydrogen-bond acceptors (Lipinski definition) is 2. The second-order valence-electron chi connectivity index (χ2n) is 6.26. The number of halogens is 1. The molecule has 5 heteroatoms. The van der Waals surface area contributed by atoms with E-state index in [-0.39, 0.29) is 12.3 Å². The number of benzene rings is 1. The molecule has 1 aromatic rings. The summed E-state index contributed by atoms with van der Waals surface area (Å²) in [6.45, 7) is 0.544. The molecule has 0 radical (unpaired) electrons. The maximum Gasteiger partial charge on any atom is 0.303 e. The smallest absolute Gasteiger partial charge is 0.303 e. The summed E-state index contributed by atoms with van der Waals surface area (Å²) >= 11 is 3.50. The van der Waals surface area contributed by atoms with Gasteiger partial charge in [0.2, 0.25) is 5.91 Å². The van der Waals surface area contributed by atoms with E-state index in [4.69, 9.17) is 5.11 Å². The van der Waals surface area contributed by atoms with Gasteiger partial charge in [-0.15, -0.1) is 0 Å². The highest BCUT2D eigenvalue weighted by Crippen LogP contribution is 2.40. The summed E-state index contributed by atoms with van der Waals surface area (Å²) in [5.74, 6) is -0.695. The third kappa shape index (κ3) is 4.80. The van der Waals surface area contributed by atoms with Crippen molar-refractivity contribution in [3.63, 3.8) is 0 Å². The number of aliphatic carboxylic acids is 1. The fourth-order valence-corrected chi connectivity index (χ4v) is 3.76. The van der Waals surface area contributed by atoms with Crippen molar-refractivity contribution >= 4 is 27.8 Å². The molecule has 0 aromatic heterocycles. The first kappa shape index (κ1) is 18.0. The highest BCUT2D eigenvalue weighted by Gasteiger charge is 2.40. The standard InChI is InChI=1S/C18H24BrNO3/c19-15-8-6-7-14(13-15)18(10-3-1-4-11-18)17(23)20-12-5-2-9-16(21)22/h6-8,13H,1-5,9-12H2,(H,20,23)(H,21,22). The lowest BCUT2D eigenvalue weighted by Crippen LogP contribution is -2.46. The van der Waals surface area contributed by atoms with E-state index in [1.807, 2.05) is 18.2 Å². The molecule has 126 valence electrons. The van der Waals surface area contributed by atoms with Gasteiger partial charge in [-0.3, -0.25) is 9.59 Å². The molecule has 1 aliphatic carbocycles. The second kappa shape index (κ2) is 8.48. The van der Waals surface area contributed by atoms with Crippen LogP contribution in [-0.4, -0.2) is 23.5 Å². The van der Waals surface area contributed by atoms with Crippen molar-refractivity contribution in [1.29, 1.82) is 0 Å². The Hall–Kier alpha value is -1.36. The molecule has 0 atom stereocenters. The fraction of sp³-hybridized carbons (Fsp3) is 0.556. The molecule has 1 aliphatic rings. The molecule has 4 nitrogen and oxygen atoms in total. The predicted molar refractivity (Wildman–Crippen MR) is 93.4 cm³/mol. The molecule has 1 saturated carbocycles. The van der Waals surface area contributed by atoms with Gasteiger partial charge in [-0.25, -0.2) is 0 Å². The summed E-state index contributed by atoms with van der Waals surface area (Å²) in [5, 5.41) is 11.7. The topological polar surface area (TPSA) is 66.4 Å². The molecule has 2 rings (SSSR count). The van der Waals surface area contributed by atoms with Gasteiger partial charge in [-0.2, -0.15) is 0 Å². The number of rotatable bonds is 7.